The van der Waals surface area contributed by atoms with Crippen LogP contribution in [0.15, 0.2) is 82.8 Å². The van der Waals surface area contributed by atoms with Crippen LogP contribution in [0.4, 0.5) is 5.69 Å². The SMILES string of the molecule is COc1ccc(CC(C)=NNC(=O)c2cccc(S(=O)(=O)Nc3ccccc3Cl)c2)cc1. The summed E-state index contributed by atoms with van der Waals surface area (Å²) in [5.74, 6) is 0.240. The monoisotopic (exact) mass is 471 g/mol. The molecule has 1 amide bonds. The molecule has 2 N–H and O–H groups in total. The zero-order valence-corrected chi connectivity index (χ0v) is 19.1. The highest BCUT2D eigenvalue weighted by molar-refractivity contribution is 7.92. The molecule has 0 atom stereocenters. The number of hydrogen-bond donors (Lipinski definition) is 2. The second-order valence-corrected chi connectivity index (χ2v) is 9.02. The van der Waals surface area contributed by atoms with Gasteiger partial charge in [-0.2, -0.15) is 5.10 Å². The van der Waals surface area contributed by atoms with Crippen molar-refractivity contribution in [3.63, 3.8) is 0 Å². The first-order chi connectivity index (χ1) is 15.3. The van der Waals surface area contributed by atoms with Crippen LogP contribution in [0.2, 0.25) is 5.02 Å². The minimum atomic E-state index is -3.93. The fraction of sp³-hybridized carbons (Fsp3) is 0.130. The van der Waals surface area contributed by atoms with Crippen LogP contribution in [-0.2, 0) is 16.4 Å². The van der Waals surface area contributed by atoms with Crippen LogP contribution in [-0.4, -0.2) is 27.1 Å². The number of hydrazone groups is 1. The number of carbonyl (C=O) groups is 1. The van der Waals surface area contributed by atoms with Crippen LogP contribution < -0.4 is 14.9 Å². The van der Waals surface area contributed by atoms with E-state index in [1.807, 2.05) is 24.3 Å². The molecule has 0 saturated heterocycles. The molecule has 0 bridgehead atoms. The number of carbonyl (C=O) groups excluding carboxylic acids is 1. The van der Waals surface area contributed by atoms with E-state index in [4.69, 9.17) is 16.3 Å². The number of hydrogen-bond acceptors (Lipinski definition) is 5. The number of nitrogens with one attached hydrogen (secondary N) is 2. The first-order valence-corrected chi connectivity index (χ1v) is 11.5. The predicted octanol–water partition coefficient (Wildman–Crippen LogP) is 4.50. The summed E-state index contributed by atoms with van der Waals surface area (Å²) in [7, 11) is -2.33. The molecule has 0 radical (unpaired) electrons. The maximum atomic E-state index is 12.7. The lowest BCUT2D eigenvalue weighted by Crippen LogP contribution is -2.20. The van der Waals surface area contributed by atoms with E-state index in [2.05, 4.69) is 15.2 Å². The molecular weight excluding hydrogens is 450 g/mol. The molecule has 166 valence electrons. The second-order valence-electron chi connectivity index (χ2n) is 6.93. The fourth-order valence-electron chi connectivity index (χ4n) is 2.84. The Morgan fingerprint density at radius 1 is 1.03 bits per heavy atom. The Labute approximate surface area is 192 Å². The lowest BCUT2D eigenvalue weighted by molar-refractivity contribution is 0.0954. The van der Waals surface area contributed by atoms with Crippen molar-refractivity contribution in [1.29, 1.82) is 0 Å². The average Bonchev–Trinajstić information content (AvgIpc) is 2.79. The first kappa shape index (κ1) is 23.3. The summed E-state index contributed by atoms with van der Waals surface area (Å²) < 4.78 is 33.0. The van der Waals surface area contributed by atoms with Gasteiger partial charge < -0.3 is 4.74 Å². The van der Waals surface area contributed by atoms with E-state index < -0.39 is 15.9 Å². The number of para-hydroxylation sites is 1. The van der Waals surface area contributed by atoms with Gasteiger partial charge in [0, 0.05) is 17.7 Å². The Morgan fingerprint density at radius 2 is 1.75 bits per heavy atom. The third-order valence-corrected chi connectivity index (χ3v) is 6.18. The molecule has 0 fully saturated rings. The zero-order valence-electron chi connectivity index (χ0n) is 17.5. The van der Waals surface area contributed by atoms with Crippen LogP contribution in [0.25, 0.3) is 0 Å². The quantitative estimate of drug-likeness (QED) is 0.373. The molecule has 0 unspecified atom stereocenters. The highest BCUT2D eigenvalue weighted by atomic mass is 35.5. The highest BCUT2D eigenvalue weighted by Gasteiger charge is 2.17. The van der Waals surface area contributed by atoms with Gasteiger partial charge in [-0.05, 0) is 55.0 Å². The van der Waals surface area contributed by atoms with Gasteiger partial charge >= 0.3 is 0 Å². The molecule has 3 aromatic carbocycles. The number of sulfonamides is 1. The lowest BCUT2D eigenvalue weighted by Gasteiger charge is -2.10. The molecule has 0 heterocycles. The number of methoxy groups -OCH3 is 1. The van der Waals surface area contributed by atoms with Crippen LogP contribution >= 0.6 is 11.6 Å². The maximum absolute atomic E-state index is 12.7. The molecule has 0 aliphatic rings. The molecule has 0 saturated carbocycles. The molecule has 3 rings (SSSR count). The third-order valence-electron chi connectivity index (χ3n) is 4.49. The number of rotatable bonds is 8. The van der Waals surface area contributed by atoms with Crippen molar-refractivity contribution >= 4 is 38.9 Å². The number of halogens is 1. The first-order valence-electron chi connectivity index (χ1n) is 9.62. The zero-order chi connectivity index (χ0) is 23.1. The van der Waals surface area contributed by atoms with Gasteiger partial charge in [0.1, 0.15) is 5.75 Å². The second kappa shape index (κ2) is 10.3. The average molecular weight is 472 g/mol. The number of nitrogens with zero attached hydrogens (tertiary/aromatic N) is 1. The normalized spacial score (nSPS) is 11.7. The molecule has 0 spiro atoms. The van der Waals surface area contributed by atoms with E-state index in [-0.39, 0.29) is 21.2 Å². The van der Waals surface area contributed by atoms with Crippen molar-refractivity contribution in [3.05, 3.63) is 88.9 Å². The van der Waals surface area contributed by atoms with Crippen molar-refractivity contribution in [1.82, 2.24) is 5.43 Å². The summed E-state index contributed by atoms with van der Waals surface area (Å²) in [5.41, 5.74) is 4.58. The Kier molecular flexibility index (Phi) is 7.50. The number of benzene rings is 3. The van der Waals surface area contributed by atoms with Crippen molar-refractivity contribution in [2.24, 2.45) is 5.10 Å². The molecule has 9 heteroatoms. The van der Waals surface area contributed by atoms with Crippen molar-refractivity contribution in [3.8, 4) is 5.75 Å². The minimum Gasteiger partial charge on any atom is -0.497 e. The Balaban J connectivity index is 1.69. The highest BCUT2D eigenvalue weighted by Crippen LogP contribution is 2.24. The largest absolute Gasteiger partial charge is 0.497 e. The summed E-state index contributed by atoms with van der Waals surface area (Å²) >= 11 is 6.03. The summed E-state index contributed by atoms with van der Waals surface area (Å²) in [5, 5.41) is 4.38. The molecule has 0 aliphatic carbocycles. The van der Waals surface area contributed by atoms with Crippen LogP contribution in [0.5, 0.6) is 5.75 Å². The van der Waals surface area contributed by atoms with Crippen molar-refractivity contribution in [2.45, 2.75) is 18.2 Å². The number of amides is 1. The lowest BCUT2D eigenvalue weighted by atomic mass is 10.1. The van der Waals surface area contributed by atoms with Crippen molar-refractivity contribution < 1.29 is 17.9 Å². The topological polar surface area (TPSA) is 96.9 Å². The Hall–Kier alpha value is -3.36. The summed E-state index contributed by atoms with van der Waals surface area (Å²) in [6, 6.07) is 19.7. The standard InChI is InChI=1S/C23H22ClN3O4S/c1-16(14-17-10-12-19(31-2)13-11-17)25-26-23(28)18-6-5-7-20(15-18)32(29,30)27-22-9-4-3-8-21(22)24/h3-13,15,27H,14H2,1-2H3,(H,26,28). The molecule has 32 heavy (non-hydrogen) atoms. The summed E-state index contributed by atoms with van der Waals surface area (Å²) in [6.07, 6.45) is 0.542. The van der Waals surface area contributed by atoms with E-state index in [1.165, 1.54) is 24.3 Å². The van der Waals surface area contributed by atoms with Gasteiger partial charge in [-0.25, -0.2) is 13.8 Å². The summed E-state index contributed by atoms with van der Waals surface area (Å²) in [4.78, 5) is 12.4. The van der Waals surface area contributed by atoms with Crippen LogP contribution in [0, 0.1) is 0 Å². The fourth-order valence-corrected chi connectivity index (χ4v) is 4.21. The minimum absolute atomic E-state index is 0.0657. The molecule has 3 aromatic rings. The van der Waals surface area contributed by atoms with Crippen LogP contribution in [0.3, 0.4) is 0 Å². The van der Waals surface area contributed by atoms with Gasteiger partial charge in [-0.15, -0.1) is 0 Å². The van der Waals surface area contributed by atoms with Gasteiger partial charge in [0.05, 0.1) is 22.7 Å². The van der Waals surface area contributed by atoms with E-state index in [0.29, 0.717) is 12.1 Å². The van der Waals surface area contributed by atoms with Gasteiger partial charge in [0.2, 0.25) is 0 Å². The Bertz CT molecular complexity index is 1240. The van der Waals surface area contributed by atoms with E-state index >= 15 is 0 Å². The smallest absolute Gasteiger partial charge is 0.271 e. The van der Waals surface area contributed by atoms with Gasteiger partial charge in [-0.3, -0.25) is 9.52 Å². The van der Waals surface area contributed by atoms with Gasteiger partial charge in [0.25, 0.3) is 15.9 Å². The molecule has 0 aliphatic heterocycles. The molecular formula is C23H22ClN3O4S. The van der Waals surface area contributed by atoms with Gasteiger partial charge in [0.15, 0.2) is 0 Å². The predicted molar refractivity (Wildman–Crippen MR) is 126 cm³/mol. The molecule has 7 nitrogen and oxygen atoms in total. The number of ether oxygens (including phenoxy) is 1. The Morgan fingerprint density at radius 3 is 2.44 bits per heavy atom. The van der Waals surface area contributed by atoms with Crippen LogP contribution in [0.1, 0.15) is 22.8 Å². The van der Waals surface area contributed by atoms with E-state index in [1.54, 1.807) is 38.3 Å². The maximum Gasteiger partial charge on any atom is 0.271 e. The van der Waals surface area contributed by atoms with E-state index in [0.717, 1.165) is 11.3 Å². The number of anilines is 1. The van der Waals surface area contributed by atoms with Gasteiger partial charge in [-0.1, -0.05) is 41.9 Å². The molecule has 0 aromatic heterocycles. The van der Waals surface area contributed by atoms with E-state index in [9.17, 15) is 13.2 Å². The summed E-state index contributed by atoms with van der Waals surface area (Å²) in [6.45, 7) is 1.79. The third kappa shape index (κ3) is 6.09. The van der Waals surface area contributed by atoms with Crippen molar-refractivity contribution in [2.75, 3.05) is 11.8 Å².